The third-order valence-corrected chi connectivity index (χ3v) is 4.75. The molecule has 0 saturated heterocycles. The summed E-state index contributed by atoms with van der Waals surface area (Å²) in [5, 5.41) is -1.16. The maximum absolute atomic E-state index is 11.9. The first-order chi connectivity index (χ1) is 7.83. The van der Waals surface area contributed by atoms with Crippen molar-refractivity contribution in [2.24, 2.45) is 17.4 Å². The van der Waals surface area contributed by atoms with Gasteiger partial charge in [-0.3, -0.25) is 4.79 Å². The lowest BCUT2D eigenvalue weighted by Crippen LogP contribution is -2.38. The molecule has 0 saturated carbocycles. The molecule has 0 rings (SSSR count). The quantitative estimate of drug-likeness (QED) is 0.642. The van der Waals surface area contributed by atoms with Gasteiger partial charge in [0.25, 0.3) is 0 Å². The summed E-state index contributed by atoms with van der Waals surface area (Å²) in [5.41, 5.74) is 10.5. The van der Waals surface area contributed by atoms with Crippen LogP contribution in [0, 0.1) is 5.92 Å². The third-order valence-electron chi connectivity index (χ3n) is 2.73. The fraction of sp³-hybridized carbons (Fsp3) is 0.909. The standard InChI is InChI=1S/C11H24N2O3S/c1-3-5-9(6-4-2)8-17(15,16)11(13)7-10(12)14/h9,11H,3-8,13H2,1-2H3,(H2,12,14). The Hall–Kier alpha value is -0.620. The number of hydrogen-bond acceptors (Lipinski definition) is 4. The van der Waals surface area contributed by atoms with Crippen LogP contribution in [0.1, 0.15) is 46.0 Å². The summed E-state index contributed by atoms with van der Waals surface area (Å²) in [6.45, 7) is 4.05. The van der Waals surface area contributed by atoms with Gasteiger partial charge < -0.3 is 11.5 Å². The van der Waals surface area contributed by atoms with Crippen molar-refractivity contribution in [3.05, 3.63) is 0 Å². The second-order valence-electron chi connectivity index (χ2n) is 4.48. The molecule has 1 amide bonds. The predicted octanol–water partition coefficient (Wildman–Crippen LogP) is 0.778. The van der Waals surface area contributed by atoms with Gasteiger partial charge in [0.05, 0.1) is 12.2 Å². The van der Waals surface area contributed by atoms with Crippen LogP contribution in [0.4, 0.5) is 0 Å². The Morgan fingerprint density at radius 2 is 1.65 bits per heavy atom. The maximum Gasteiger partial charge on any atom is 0.220 e. The zero-order chi connectivity index (χ0) is 13.5. The monoisotopic (exact) mass is 264 g/mol. The van der Waals surface area contributed by atoms with Gasteiger partial charge in [0.1, 0.15) is 5.37 Å². The SMILES string of the molecule is CCCC(CCC)CS(=O)(=O)C(N)CC(N)=O. The highest BCUT2D eigenvalue weighted by Crippen LogP contribution is 2.18. The first-order valence-electron chi connectivity index (χ1n) is 6.08. The zero-order valence-electron chi connectivity index (χ0n) is 10.7. The normalized spacial score (nSPS) is 13.9. The van der Waals surface area contributed by atoms with Gasteiger partial charge in [-0.15, -0.1) is 0 Å². The van der Waals surface area contributed by atoms with E-state index in [9.17, 15) is 13.2 Å². The third kappa shape index (κ3) is 6.63. The minimum Gasteiger partial charge on any atom is -0.370 e. The molecule has 0 bridgehead atoms. The van der Waals surface area contributed by atoms with Crippen LogP contribution in [0.15, 0.2) is 0 Å². The molecule has 1 atom stereocenters. The summed E-state index contributed by atoms with van der Waals surface area (Å²) in [6, 6.07) is 0. The van der Waals surface area contributed by atoms with Crippen molar-refractivity contribution in [3.8, 4) is 0 Å². The first-order valence-corrected chi connectivity index (χ1v) is 7.80. The van der Waals surface area contributed by atoms with Crippen LogP contribution in [0.3, 0.4) is 0 Å². The van der Waals surface area contributed by atoms with E-state index in [1.807, 2.05) is 13.8 Å². The summed E-state index contributed by atoms with van der Waals surface area (Å²) in [5.74, 6) is -0.485. The largest absolute Gasteiger partial charge is 0.370 e. The van der Waals surface area contributed by atoms with E-state index in [4.69, 9.17) is 11.5 Å². The Labute approximate surface area is 104 Å². The van der Waals surface area contributed by atoms with Gasteiger partial charge in [-0.2, -0.15) is 0 Å². The molecule has 0 aliphatic rings. The molecule has 0 aromatic heterocycles. The van der Waals surface area contributed by atoms with Crippen molar-refractivity contribution in [3.63, 3.8) is 0 Å². The van der Waals surface area contributed by atoms with Crippen molar-refractivity contribution in [1.29, 1.82) is 0 Å². The van der Waals surface area contributed by atoms with Crippen LogP contribution >= 0.6 is 0 Å². The molecule has 6 heteroatoms. The van der Waals surface area contributed by atoms with Gasteiger partial charge in [0.15, 0.2) is 9.84 Å². The lowest BCUT2D eigenvalue weighted by Gasteiger charge is -2.18. The van der Waals surface area contributed by atoms with Gasteiger partial charge in [0.2, 0.25) is 5.91 Å². The Kier molecular flexibility index (Phi) is 7.38. The fourth-order valence-corrected chi connectivity index (χ4v) is 3.56. The topological polar surface area (TPSA) is 103 Å². The van der Waals surface area contributed by atoms with E-state index in [1.165, 1.54) is 0 Å². The van der Waals surface area contributed by atoms with Gasteiger partial charge in [-0.25, -0.2) is 8.42 Å². The zero-order valence-corrected chi connectivity index (χ0v) is 11.5. The van der Waals surface area contributed by atoms with E-state index in [0.717, 1.165) is 25.7 Å². The second kappa shape index (κ2) is 7.66. The lowest BCUT2D eigenvalue weighted by molar-refractivity contribution is -0.118. The molecule has 0 aliphatic heterocycles. The molecule has 1 unspecified atom stereocenters. The van der Waals surface area contributed by atoms with Crippen molar-refractivity contribution in [2.75, 3.05) is 5.75 Å². The molecular formula is C11H24N2O3S. The Balaban J connectivity index is 4.53. The Morgan fingerprint density at radius 3 is 2.00 bits per heavy atom. The molecule has 0 aromatic rings. The Bertz CT molecular complexity index is 322. The van der Waals surface area contributed by atoms with E-state index in [-0.39, 0.29) is 18.1 Å². The second-order valence-corrected chi connectivity index (χ2v) is 6.75. The van der Waals surface area contributed by atoms with E-state index < -0.39 is 21.1 Å². The summed E-state index contributed by atoms with van der Waals surface area (Å²) in [7, 11) is -3.42. The smallest absolute Gasteiger partial charge is 0.220 e. The van der Waals surface area contributed by atoms with Gasteiger partial charge in [-0.05, 0) is 18.8 Å². The van der Waals surface area contributed by atoms with E-state index in [0.29, 0.717) is 0 Å². The van der Waals surface area contributed by atoms with Crippen LogP contribution in [0.5, 0.6) is 0 Å². The molecule has 4 N–H and O–H groups in total. The van der Waals surface area contributed by atoms with Gasteiger partial charge in [0, 0.05) is 0 Å². The van der Waals surface area contributed by atoms with Gasteiger partial charge >= 0.3 is 0 Å². The number of sulfone groups is 1. The summed E-state index contributed by atoms with van der Waals surface area (Å²) in [6.07, 6.45) is 3.34. The van der Waals surface area contributed by atoms with E-state index >= 15 is 0 Å². The number of hydrogen-bond donors (Lipinski definition) is 2. The predicted molar refractivity (Wildman–Crippen MR) is 68.9 cm³/mol. The minimum atomic E-state index is -3.42. The van der Waals surface area contributed by atoms with Crippen molar-refractivity contribution < 1.29 is 13.2 Å². The summed E-state index contributed by atoms with van der Waals surface area (Å²) < 4.78 is 23.8. The fourth-order valence-electron chi connectivity index (χ4n) is 1.90. The van der Waals surface area contributed by atoms with Crippen molar-refractivity contribution in [1.82, 2.24) is 0 Å². The molecule has 5 nitrogen and oxygen atoms in total. The number of carbonyl (C=O) groups is 1. The molecule has 0 aromatic carbocycles. The lowest BCUT2D eigenvalue weighted by atomic mass is 10.0. The number of amides is 1. The van der Waals surface area contributed by atoms with Crippen LogP contribution in [-0.4, -0.2) is 25.5 Å². The highest BCUT2D eigenvalue weighted by atomic mass is 32.2. The molecule has 0 aliphatic carbocycles. The van der Waals surface area contributed by atoms with Crippen LogP contribution in [0.25, 0.3) is 0 Å². The number of carbonyl (C=O) groups excluding carboxylic acids is 1. The average molecular weight is 264 g/mol. The van der Waals surface area contributed by atoms with Crippen molar-refractivity contribution >= 4 is 15.7 Å². The molecule has 0 heterocycles. The van der Waals surface area contributed by atoms with Crippen LogP contribution in [-0.2, 0) is 14.6 Å². The summed E-state index contributed by atoms with van der Waals surface area (Å²) in [4.78, 5) is 10.7. The number of primary amides is 1. The molecule has 0 radical (unpaired) electrons. The molecule has 102 valence electrons. The molecule has 0 fully saturated rings. The van der Waals surface area contributed by atoms with E-state index in [2.05, 4.69) is 0 Å². The maximum atomic E-state index is 11.9. The van der Waals surface area contributed by atoms with E-state index in [1.54, 1.807) is 0 Å². The van der Waals surface area contributed by atoms with Crippen LogP contribution in [0.2, 0.25) is 0 Å². The van der Waals surface area contributed by atoms with Crippen molar-refractivity contribution in [2.45, 2.75) is 51.3 Å². The minimum absolute atomic E-state index is 0.0587. The van der Waals surface area contributed by atoms with Crippen LogP contribution < -0.4 is 11.5 Å². The van der Waals surface area contributed by atoms with Gasteiger partial charge in [-0.1, -0.05) is 26.7 Å². The molecule has 0 spiro atoms. The molecular weight excluding hydrogens is 240 g/mol. The highest BCUT2D eigenvalue weighted by molar-refractivity contribution is 7.92. The number of nitrogens with two attached hydrogens (primary N) is 2. The highest BCUT2D eigenvalue weighted by Gasteiger charge is 2.26. The summed E-state index contributed by atoms with van der Waals surface area (Å²) >= 11 is 0. The average Bonchev–Trinajstić information content (AvgIpc) is 2.16. The molecule has 17 heavy (non-hydrogen) atoms. The number of rotatable bonds is 9. The Morgan fingerprint density at radius 1 is 1.18 bits per heavy atom. The first kappa shape index (κ1) is 16.4.